The van der Waals surface area contributed by atoms with E-state index in [-0.39, 0.29) is 16.9 Å². The quantitative estimate of drug-likeness (QED) is 0.440. The van der Waals surface area contributed by atoms with Gasteiger partial charge in [-0.2, -0.15) is 0 Å². The van der Waals surface area contributed by atoms with Crippen molar-refractivity contribution in [2.75, 3.05) is 5.73 Å². The molecule has 2 rings (SSSR count). The summed E-state index contributed by atoms with van der Waals surface area (Å²) in [5, 5.41) is 22.8. The van der Waals surface area contributed by atoms with Gasteiger partial charge in [-0.3, -0.25) is 14.9 Å². The number of carbonyl (C=O) groups is 2. The third-order valence-corrected chi connectivity index (χ3v) is 3.96. The van der Waals surface area contributed by atoms with E-state index in [0.29, 0.717) is 25.7 Å². The highest BCUT2D eigenvalue weighted by Gasteiger charge is 2.41. The Labute approximate surface area is 126 Å². The zero-order valence-corrected chi connectivity index (χ0v) is 11.9. The fourth-order valence-electron chi connectivity index (χ4n) is 2.68. The molecule has 1 amide bonds. The molecule has 1 aliphatic rings. The van der Waals surface area contributed by atoms with Crippen molar-refractivity contribution in [2.45, 2.75) is 37.6 Å². The molecular weight excluding hydrogens is 290 g/mol. The summed E-state index contributed by atoms with van der Waals surface area (Å²) in [6, 6.07) is 3.67. The van der Waals surface area contributed by atoms with Gasteiger partial charge in [0.2, 0.25) is 0 Å². The predicted octanol–water partition coefficient (Wildman–Crippen LogP) is 1.69. The molecule has 118 valence electrons. The summed E-state index contributed by atoms with van der Waals surface area (Å²) in [7, 11) is 0. The summed E-state index contributed by atoms with van der Waals surface area (Å²) in [4.78, 5) is 34.0. The Balaban J connectivity index is 2.26. The summed E-state index contributed by atoms with van der Waals surface area (Å²) >= 11 is 0. The van der Waals surface area contributed by atoms with Crippen molar-refractivity contribution < 1.29 is 19.6 Å². The summed E-state index contributed by atoms with van der Waals surface area (Å²) < 4.78 is 0. The van der Waals surface area contributed by atoms with Crippen LogP contribution in [0.2, 0.25) is 0 Å². The van der Waals surface area contributed by atoms with Gasteiger partial charge in [0.1, 0.15) is 11.2 Å². The molecular formula is C14H17N3O5. The maximum Gasteiger partial charge on any atom is 0.329 e. The topological polar surface area (TPSA) is 136 Å². The van der Waals surface area contributed by atoms with E-state index in [2.05, 4.69) is 5.32 Å². The molecule has 0 radical (unpaired) electrons. The van der Waals surface area contributed by atoms with E-state index in [0.717, 1.165) is 12.5 Å². The van der Waals surface area contributed by atoms with Crippen molar-refractivity contribution in [3.63, 3.8) is 0 Å². The zero-order valence-electron chi connectivity index (χ0n) is 11.9. The number of nitrogen functional groups attached to an aromatic ring is 1. The van der Waals surface area contributed by atoms with Gasteiger partial charge in [-0.05, 0) is 25.0 Å². The molecule has 0 saturated heterocycles. The first-order chi connectivity index (χ1) is 10.4. The van der Waals surface area contributed by atoms with E-state index in [1.165, 1.54) is 12.1 Å². The number of amides is 1. The molecule has 1 saturated carbocycles. The molecule has 0 heterocycles. The van der Waals surface area contributed by atoms with Crippen LogP contribution in [0.4, 0.5) is 11.4 Å². The monoisotopic (exact) mass is 307 g/mol. The summed E-state index contributed by atoms with van der Waals surface area (Å²) in [6.07, 6.45) is 3.07. The highest BCUT2D eigenvalue weighted by Crippen LogP contribution is 2.29. The number of nitrogens with one attached hydrogen (secondary N) is 1. The van der Waals surface area contributed by atoms with Gasteiger partial charge in [0.05, 0.1) is 4.92 Å². The lowest BCUT2D eigenvalue weighted by Gasteiger charge is -2.33. The van der Waals surface area contributed by atoms with Gasteiger partial charge in [0.25, 0.3) is 11.6 Å². The minimum absolute atomic E-state index is 0.0205. The second-order valence-electron chi connectivity index (χ2n) is 5.43. The minimum Gasteiger partial charge on any atom is -0.480 e. The van der Waals surface area contributed by atoms with E-state index in [1.807, 2.05) is 0 Å². The average Bonchev–Trinajstić information content (AvgIpc) is 2.48. The number of nitro benzene ring substituents is 1. The second-order valence-corrected chi connectivity index (χ2v) is 5.43. The van der Waals surface area contributed by atoms with Crippen molar-refractivity contribution in [3.8, 4) is 0 Å². The number of rotatable bonds is 4. The zero-order chi connectivity index (χ0) is 16.3. The van der Waals surface area contributed by atoms with Gasteiger partial charge >= 0.3 is 5.97 Å². The number of hydrogen-bond acceptors (Lipinski definition) is 5. The van der Waals surface area contributed by atoms with Gasteiger partial charge in [0.15, 0.2) is 0 Å². The number of anilines is 1. The van der Waals surface area contributed by atoms with Crippen LogP contribution in [0.1, 0.15) is 42.5 Å². The number of nitro groups is 1. The van der Waals surface area contributed by atoms with Crippen molar-refractivity contribution in [3.05, 3.63) is 33.9 Å². The highest BCUT2D eigenvalue weighted by molar-refractivity contribution is 5.99. The lowest BCUT2D eigenvalue weighted by atomic mass is 9.81. The van der Waals surface area contributed by atoms with Gasteiger partial charge in [0, 0.05) is 11.6 Å². The molecule has 0 spiro atoms. The Kier molecular flexibility index (Phi) is 4.30. The number of nitrogens with zero attached hydrogens (tertiary/aromatic N) is 1. The Bertz CT molecular complexity index is 623. The predicted molar refractivity (Wildman–Crippen MR) is 78.4 cm³/mol. The second kappa shape index (κ2) is 6.00. The third-order valence-electron chi connectivity index (χ3n) is 3.96. The first-order valence-corrected chi connectivity index (χ1v) is 6.95. The summed E-state index contributed by atoms with van der Waals surface area (Å²) in [5.41, 5.74) is 3.78. The Morgan fingerprint density at radius 1 is 1.27 bits per heavy atom. The van der Waals surface area contributed by atoms with Crippen molar-refractivity contribution in [1.29, 1.82) is 0 Å². The minimum atomic E-state index is -1.30. The van der Waals surface area contributed by atoms with E-state index in [9.17, 15) is 24.8 Å². The molecule has 0 atom stereocenters. The average molecular weight is 307 g/mol. The van der Waals surface area contributed by atoms with Crippen molar-refractivity contribution in [2.24, 2.45) is 0 Å². The fraction of sp³-hybridized carbons (Fsp3) is 0.429. The molecule has 1 fully saturated rings. The largest absolute Gasteiger partial charge is 0.480 e. The Hall–Kier alpha value is -2.64. The number of aliphatic carboxylic acids is 1. The SMILES string of the molecule is Nc1ccc(C(=O)NC2(C(=O)O)CCCCC2)cc1[N+](=O)[O-]. The molecule has 22 heavy (non-hydrogen) atoms. The van der Waals surface area contributed by atoms with E-state index >= 15 is 0 Å². The van der Waals surface area contributed by atoms with Crippen LogP contribution in [0.3, 0.4) is 0 Å². The van der Waals surface area contributed by atoms with Crippen LogP contribution >= 0.6 is 0 Å². The number of carboxylic acids is 1. The van der Waals surface area contributed by atoms with Crippen molar-refractivity contribution >= 4 is 23.3 Å². The number of nitrogens with two attached hydrogens (primary N) is 1. The van der Waals surface area contributed by atoms with E-state index < -0.39 is 22.3 Å². The standard InChI is InChI=1S/C14H17N3O5/c15-10-5-4-9(8-11(10)17(21)22)12(18)16-14(13(19)20)6-2-1-3-7-14/h4-5,8H,1-3,6-7,15H2,(H,16,18)(H,19,20). The van der Waals surface area contributed by atoms with Crippen LogP contribution in [0.25, 0.3) is 0 Å². The molecule has 1 aromatic rings. The number of carbonyl (C=O) groups excluding carboxylic acids is 1. The van der Waals surface area contributed by atoms with Crippen LogP contribution in [0.5, 0.6) is 0 Å². The van der Waals surface area contributed by atoms with Gasteiger partial charge < -0.3 is 16.2 Å². The first kappa shape index (κ1) is 15.7. The van der Waals surface area contributed by atoms with Crippen LogP contribution in [0, 0.1) is 10.1 Å². The van der Waals surface area contributed by atoms with Gasteiger partial charge in [-0.1, -0.05) is 19.3 Å². The van der Waals surface area contributed by atoms with Crippen LogP contribution < -0.4 is 11.1 Å². The maximum absolute atomic E-state index is 12.3. The third kappa shape index (κ3) is 3.00. The summed E-state index contributed by atoms with van der Waals surface area (Å²) in [6.45, 7) is 0. The molecule has 4 N–H and O–H groups in total. The number of hydrogen-bond donors (Lipinski definition) is 3. The molecule has 1 aromatic carbocycles. The van der Waals surface area contributed by atoms with E-state index in [4.69, 9.17) is 5.73 Å². The Morgan fingerprint density at radius 3 is 2.45 bits per heavy atom. The number of benzene rings is 1. The molecule has 0 bridgehead atoms. The number of carboxylic acid groups (broad SMARTS) is 1. The van der Waals surface area contributed by atoms with Gasteiger partial charge in [-0.25, -0.2) is 4.79 Å². The van der Waals surface area contributed by atoms with Crippen LogP contribution in [-0.4, -0.2) is 27.4 Å². The molecule has 0 unspecified atom stereocenters. The lowest BCUT2D eigenvalue weighted by molar-refractivity contribution is -0.383. The normalized spacial score (nSPS) is 16.7. The molecule has 0 aromatic heterocycles. The van der Waals surface area contributed by atoms with Crippen LogP contribution in [-0.2, 0) is 4.79 Å². The van der Waals surface area contributed by atoms with Crippen LogP contribution in [0.15, 0.2) is 18.2 Å². The van der Waals surface area contributed by atoms with E-state index in [1.54, 1.807) is 0 Å². The Morgan fingerprint density at radius 2 is 1.91 bits per heavy atom. The molecule has 1 aliphatic carbocycles. The highest BCUT2D eigenvalue weighted by atomic mass is 16.6. The van der Waals surface area contributed by atoms with Gasteiger partial charge in [-0.15, -0.1) is 0 Å². The lowest BCUT2D eigenvalue weighted by Crippen LogP contribution is -2.55. The fourth-order valence-corrected chi connectivity index (χ4v) is 2.68. The first-order valence-electron chi connectivity index (χ1n) is 6.95. The summed E-state index contributed by atoms with van der Waals surface area (Å²) in [5.74, 6) is -1.72. The molecule has 0 aliphatic heterocycles. The smallest absolute Gasteiger partial charge is 0.329 e. The van der Waals surface area contributed by atoms with Crippen molar-refractivity contribution in [1.82, 2.24) is 5.32 Å². The maximum atomic E-state index is 12.3. The molecule has 8 nitrogen and oxygen atoms in total. The molecule has 8 heteroatoms.